The van der Waals surface area contributed by atoms with Crippen molar-refractivity contribution >= 4 is 39.7 Å². The van der Waals surface area contributed by atoms with Crippen LogP contribution in [0, 0.1) is 11.6 Å². The number of ketones is 1. The molecule has 1 amide bonds. The number of nitrogen functional groups attached to an aromatic ring is 1. The molecule has 0 spiro atoms. The number of halogens is 2. The predicted octanol–water partition coefficient (Wildman–Crippen LogP) is 4.19. The molecule has 1 saturated heterocycles. The number of likely N-dealkylation sites (tertiary alicyclic amines) is 1. The Balaban J connectivity index is 1.40. The Morgan fingerprint density at radius 2 is 1.88 bits per heavy atom. The number of hydrogen-bond donors (Lipinski definition) is 3. The minimum atomic E-state index is -0.962. The van der Waals surface area contributed by atoms with E-state index in [1.807, 2.05) is 0 Å². The third-order valence-electron chi connectivity index (χ3n) is 5.85. The lowest BCUT2D eigenvalue weighted by Crippen LogP contribution is -2.40. The van der Waals surface area contributed by atoms with Crippen LogP contribution in [-0.2, 0) is 0 Å². The van der Waals surface area contributed by atoms with Gasteiger partial charge >= 0.3 is 0 Å². The number of thiazole rings is 1. The van der Waals surface area contributed by atoms with Crippen LogP contribution in [-0.4, -0.2) is 47.3 Å². The van der Waals surface area contributed by atoms with Crippen LogP contribution in [0.1, 0.15) is 45.4 Å². The average molecular weight is 486 g/mol. The number of carbonyl (C=O) groups excluding carboxylic acids is 2. The number of benzene rings is 2. The van der Waals surface area contributed by atoms with Crippen LogP contribution in [0.4, 0.5) is 25.4 Å². The molecule has 4 N–H and O–H groups in total. The summed E-state index contributed by atoms with van der Waals surface area (Å²) in [6.45, 7) is 4.79. The summed E-state index contributed by atoms with van der Waals surface area (Å²) in [4.78, 5) is 31.5. The number of hydrogen-bond acceptors (Lipinski definition) is 7. The summed E-state index contributed by atoms with van der Waals surface area (Å²) in [5, 5.41) is 6.29. The summed E-state index contributed by atoms with van der Waals surface area (Å²) < 4.78 is 28.0. The van der Waals surface area contributed by atoms with Crippen molar-refractivity contribution in [2.75, 3.05) is 30.7 Å². The molecule has 0 radical (unpaired) electrons. The highest BCUT2D eigenvalue weighted by Crippen LogP contribution is 2.31. The minimum Gasteiger partial charge on any atom is -0.382 e. The maximum atomic E-state index is 14.0. The van der Waals surface area contributed by atoms with E-state index < -0.39 is 23.0 Å². The van der Waals surface area contributed by atoms with E-state index in [0.29, 0.717) is 23.8 Å². The molecule has 2 heterocycles. The molecule has 10 heteroatoms. The molecule has 4 rings (SSSR count). The van der Waals surface area contributed by atoms with Crippen LogP contribution in [0.3, 0.4) is 0 Å². The highest BCUT2D eigenvalue weighted by atomic mass is 32.1. The summed E-state index contributed by atoms with van der Waals surface area (Å²) in [5.41, 5.74) is 6.32. The zero-order chi connectivity index (χ0) is 24.2. The fraction of sp³-hybridized carbons (Fsp3) is 0.292. The Hall–Kier alpha value is -3.37. The van der Waals surface area contributed by atoms with E-state index in [4.69, 9.17) is 5.73 Å². The predicted molar refractivity (Wildman–Crippen MR) is 129 cm³/mol. The quantitative estimate of drug-likeness (QED) is 0.414. The van der Waals surface area contributed by atoms with E-state index in [0.717, 1.165) is 49.4 Å². The van der Waals surface area contributed by atoms with Gasteiger partial charge in [-0.15, -0.1) is 0 Å². The highest BCUT2D eigenvalue weighted by molar-refractivity contribution is 7.18. The molecule has 1 aliphatic heterocycles. The van der Waals surface area contributed by atoms with Gasteiger partial charge in [0.25, 0.3) is 5.91 Å². The number of likely N-dealkylation sites (N-methyl/N-ethyl adjacent to an activating group) is 1. The van der Waals surface area contributed by atoms with Crippen molar-refractivity contribution in [2.24, 2.45) is 0 Å². The number of aromatic nitrogens is 1. The molecule has 2 aromatic carbocycles. The van der Waals surface area contributed by atoms with E-state index in [-0.39, 0.29) is 21.7 Å². The first-order chi connectivity index (χ1) is 16.4. The lowest BCUT2D eigenvalue weighted by molar-refractivity contribution is 0.0940. The van der Waals surface area contributed by atoms with Crippen LogP contribution in [0.5, 0.6) is 0 Å². The summed E-state index contributed by atoms with van der Waals surface area (Å²) in [6, 6.07) is 10.4. The van der Waals surface area contributed by atoms with Crippen LogP contribution >= 0.6 is 11.3 Å². The Morgan fingerprint density at radius 3 is 2.56 bits per heavy atom. The number of nitrogens with one attached hydrogen (secondary N) is 2. The smallest absolute Gasteiger partial charge is 0.251 e. The molecule has 1 aromatic heterocycles. The molecule has 0 saturated carbocycles. The SMILES string of the molecule is CCN1CCCC1CNC(=O)c1ccc(Nc2nc(N)c(C(=O)c3c(F)cccc3F)s2)cc1. The van der Waals surface area contributed by atoms with Gasteiger partial charge in [-0.25, -0.2) is 13.8 Å². The highest BCUT2D eigenvalue weighted by Gasteiger charge is 2.25. The van der Waals surface area contributed by atoms with Gasteiger partial charge in [0.2, 0.25) is 5.78 Å². The molecule has 34 heavy (non-hydrogen) atoms. The fourth-order valence-electron chi connectivity index (χ4n) is 4.06. The Kier molecular flexibility index (Phi) is 7.18. The van der Waals surface area contributed by atoms with Gasteiger partial charge in [0, 0.05) is 23.8 Å². The van der Waals surface area contributed by atoms with Gasteiger partial charge in [-0.2, -0.15) is 0 Å². The van der Waals surface area contributed by atoms with Gasteiger partial charge < -0.3 is 16.4 Å². The molecular formula is C24H25F2N5O2S. The first-order valence-corrected chi connectivity index (χ1v) is 11.8. The lowest BCUT2D eigenvalue weighted by Gasteiger charge is -2.22. The molecular weight excluding hydrogens is 460 g/mol. The number of anilines is 3. The van der Waals surface area contributed by atoms with Gasteiger partial charge in [0.1, 0.15) is 22.3 Å². The van der Waals surface area contributed by atoms with Crippen molar-refractivity contribution in [1.82, 2.24) is 15.2 Å². The molecule has 1 unspecified atom stereocenters. The maximum absolute atomic E-state index is 14.0. The fourth-order valence-corrected chi connectivity index (χ4v) is 4.91. The first kappa shape index (κ1) is 23.8. The third-order valence-corrected chi connectivity index (χ3v) is 6.84. The Bertz CT molecular complexity index is 1180. The van der Waals surface area contributed by atoms with E-state index in [1.54, 1.807) is 24.3 Å². The van der Waals surface area contributed by atoms with Crippen molar-refractivity contribution in [3.05, 3.63) is 70.1 Å². The van der Waals surface area contributed by atoms with Crippen LogP contribution < -0.4 is 16.4 Å². The minimum absolute atomic E-state index is 0.0597. The largest absolute Gasteiger partial charge is 0.382 e. The molecule has 0 aliphatic carbocycles. The third kappa shape index (κ3) is 5.07. The second kappa shape index (κ2) is 10.3. The first-order valence-electron chi connectivity index (χ1n) is 11.0. The van der Waals surface area contributed by atoms with Crippen molar-refractivity contribution in [1.29, 1.82) is 0 Å². The molecule has 1 atom stereocenters. The van der Waals surface area contributed by atoms with E-state index in [2.05, 4.69) is 27.4 Å². The zero-order valence-electron chi connectivity index (χ0n) is 18.6. The lowest BCUT2D eigenvalue weighted by atomic mass is 10.1. The monoisotopic (exact) mass is 485 g/mol. The van der Waals surface area contributed by atoms with Gasteiger partial charge in [-0.05, 0) is 62.3 Å². The number of nitrogens with zero attached hydrogens (tertiary/aromatic N) is 2. The van der Waals surface area contributed by atoms with E-state index in [9.17, 15) is 18.4 Å². The summed E-state index contributed by atoms with van der Waals surface area (Å²) in [6.07, 6.45) is 2.24. The second-order valence-corrected chi connectivity index (χ2v) is 9.00. The number of nitrogens with two attached hydrogens (primary N) is 1. The average Bonchev–Trinajstić information content (AvgIpc) is 3.43. The Morgan fingerprint density at radius 1 is 1.18 bits per heavy atom. The summed E-state index contributed by atoms with van der Waals surface area (Å²) in [7, 11) is 0. The molecule has 0 bridgehead atoms. The van der Waals surface area contributed by atoms with Crippen molar-refractivity contribution in [2.45, 2.75) is 25.8 Å². The van der Waals surface area contributed by atoms with E-state index in [1.165, 1.54) is 6.07 Å². The number of amides is 1. The zero-order valence-corrected chi connectivity index (χ0v) is 19.4. The molecule has 178 valence electrons. The molecule has 3 aromatic rings. The summed E-state index contributed by atoms with van der Waals surface area (Å²) in [5.74, 6) is -3.06. The van der Waals surface area contributed by atoms with Gasteiger partial charge in [0.05, 0.1) is 5.56 Å². The maximum Gasteiger partial charge on any atom is 0.251 e. The normalized spacial score (nSPS) is 15.9. The second-order valence-electron chi connectivity index (χ2n) is 8.00. The summed E-state index contributed by atoms with van der Waals surface area (Å²) >= 11 is 0.896. The van der Waals surface area contributed by atoms with Crippen molar-refractivity contribution < 1.29 is 18.4 Å². The van der Waals surface area contributed by atoms with E-state index >= 15 is 0 Å². The van der Waals surface area contributed by atoms with Crippen LogP contribution in [0.15, 0.2) is 42.5 Å². The number of carbonyl (C=O) groups is 2. The van der Waals surface area contributed by atoms with Gasteiger partial charge in [-0.3, -0.25) is 14.5 Å². The van der Waals surface area contributed by atoms with Crippen LogP contribution in [0.25, 0.3) is 0 Å². The van der Waals surface area contributed by atoms with Crippen molar-refractivity contribution in [3.8, 4) is 0 Å². The van der Waals surface area contributed by atoms with Crippen molar-refractivity contribution in [3.63, 3.8) is 0 Å². The van der Waals surface area contributed by atoms with Crippen LogP contribution in [0.2, 0.25) is 0 Å². The standard InChI is InChI=1S/C24H25F2N5O2S/c1-2-31-12-4-5-16(31)13-28-23(33)14-8-10-15(11-9-14)29-24-30-22(27)21(34-24)20(32)19-17(25)6-3-7-18(19)26/h3,6-11,16H,2,4-5,12-13,27H2,1H3,(H,28,33)(H,29,30). The molecule has 1 fully saturated rings. The molecule has 7 nitrogen and oxygen atoms in total. The Labute approximate surface area is 200 Å². The topological polar surface area (TPSA) is 100 Å². The van der Waals surface area contributed by atoms with Gasteiger partial charge in [-0.1, -0.05) is 24.3 Å². The molecule has 1 aliphatic rings. The number of rotatable bonds is 8. The van der Waals surface area contributed by atoms with Gasteiger partial charge in [0.15, 0.2) is 5.13 Å².